The van der Waals surface area contributed by atoms with Crippen molar-refractivity contribution in [3.05, 3.63) is 11.8 Å². The van der Waals surface area contributed by atoms with Crippen molar-refractivity contribution in [3.63, 3.8) is 0 Å². The standard InChI is InChI=1S/C12H19NO/c1-9-7-10(13-5-3-4-6-13)11-12(2,8-9)14-11/h7,9,11H,3-6,8H2,1-2H3. The maximum atomic E-state index is 5.85. The van der Waals surface area contributed by atoms with Crippen LogP contribution in [0.4, 0.5) is 0 Å². The van der Waals surface area contributed by atoms with E-state index in [1.165, 1.54) is 38.0 Å². The number of likely N-dealkylation sites (tertiary alicyclic amines) is 1. The highest BCUT2D eigenvalue weighted by Crippen LogP contribution is 2.50. The SMILES string of the molecule is CC1C=C(N2CCCC2)C2OC2(C)C1. The Hall–Kier alpha value is -0.500. The Labute approximate surface area is 85.9 Å². The van der Waals surface area contributed by atoms with Crippen LogP contribution in [0.25, 0.3) is 0 Å². The molecule has 14 heavy (non-hydrogen) atoms. The van der Waals surface area contributed by atoms with Crippen molar-refractivity contribution in [2.75, 3.05) is 13.1 Å². The predicted molar refractivity (Wildman–Crippen MR) is 55.9 cm³/mol. The zero-order chi connectivity index (χ0) is 9.76. The van der Waals surface area contributed by atoms with Crippen molar-refractivity contribution in [2.24, 2.45) is 5.92 Å². The van der Waals surface area contributed by atoms with Gasteiger partial charge in [0.1, 0.15) is 6.10 Å². The first-order valence-electron chi connectivity index (χ1n) is 5.83. The lowest BCUT2D eigenvalue weighted by Gasteiger charge is -2.26. The molecule has 0 amide bonds. The Morgan fingerprint density at radius 2 is 2.14 bits per heavy atom. The van der Waals surface area contributed by atoms with Gasteiger partial charge in [0.25, 0.3) is 0 Å². The first-order chi connectivity index (χ1) is 6.69. The Bertz CT molecular complexity index is 280. The number of epoxide rings is 1. The van der Waals surface area contributed by atoms with E-state index in [9.17, 15) is 0 Å². The molecule has 0 radical (unpaired) electrons. The molecular weight excluding hydrogens is 174 g/mol. The number of ether oxygens (including phenoxy) is 1. The Morgan fingerprint density at radius 1 is 1.43 bits per heavy atom. The number of rotatable bonds is 1. The average Bonchev–Trinajstić information content (AvgIpc) is 2.64. The molecule has 2 fully saturated rings. The molecule has 0 aromatic carbocycles. The number of hydrogen-bond acceptors (Lipinski definition) is 2. The number of allylic oxidation sites excluding steroid dienone is 1. The van der Waals surface area contributed by atoms with Gasteiger partial charge in [0.15, 0.2) is 0 Å². The summed E-state index contributed by atoms with van der Waals surface area (Å²) in [7, 11) is 0. The summed E-state index contributed by atoms with van der Waals surface area (Å²) >= 11 is 0. The molecule has 78 valence electrons. The summed E-state index contributed by atoms with van der Waals surface area (Å²) in [4.78, 5) is 2.53. The molecule has 2 saturated heterocycles. The van der Waals surface area contributed by atoms with Gasteiger partial charge in [0.05, 0.1) is 5.60 Å². The normalized spacial score (nSPS) is 46.1. The van der Waals surface area contributed by atoms with Crippen LogP contribution < -0.4 is 0 Å². The fourth-order valence-corrected chi connectivity index (χ4v) is 3.09. The fraction of sp³-hybridized carbons (Fsp3) is 0.833. The fourth-order valence-electron chi connectivity index (χ4n) is 3.09. The van der Waals surface area contributed by atoms with Crippen LogP contribution in [0.1, 0.15) is 33.1 Å². The molecule has 0 aromatic rings. The molecule has 3 unspecified atom stereocenters. The third-order valence-corrected chi connectivity index (χ3v) is 3.81. The minimum atomic E-state index is 0.187. The molecule has 1 aliphatic carbocycles. The molecule has 0 saturated carbocycles. The lowest BCUT2D eigenvalue weighted by Crippen LogP contribution is -2.30. The highest BCUT2D eigenvalue weighted by molar-refractivity contribution is 5.27. The van der Waals surface area contributed by atoms with E-state index in [1.807, 2.05) is 0 Å². The maximum absolute atomic E-state index is 5.85. The number of nitrogens with zero attached hydrogens (tertiary/aromatic N) is 1. The van der Waals surface area contributed by atoms with Crippen LogP contribution in [0.15, 0.2) is 11.8 Å². The molecule has 0 N–H and O–H groups in total. The zero-order valence-electron chi connectivity index (χ0n) is 9.12. The van der Waals surface area contributed by atoms with Crippen molar-refractivity contribution < 1.29 is 4.74 Å². The van der Waals surface area contributed by atoms with E-state index in [2.05, 4.69) is 24.8 Å². The molecule has 0 spiro atoms. The van der Waals surface area contributed by atoms with Crippen molar-refractivity contribution >= 4 is 0 Å². The van der Waals surface area contributed by atoms with E-state index in [-0.39, 0.29) is 5.60 Å². The molecule has 2 nitrogen and oxygen atoms in total. The van der Waals surface area contributed by atoms with Gasteiger partial charge in [-0.05, 0) is 32.1 Å². The van der Waals surface area contributed by atoms with E-state index in [0.29, 0.717) is 12.0 Å². The van der Waals surface area contributed by atoms with Gasteiger partial charge in [-0.1, -0.05) is 13.0 Å². The third kappa shape index (κ3) is 1.20. The largest absolute Gasteiger partial charge is 0.373 e. The topological polar surface area (TPSA) is 15.8 Å². The van der Waals surface area contributed by atoms with Crippen molar-refractivity contribution in [1.29, 1.82) is 0 Å². The van der Waals surface area contributed by atoms with Crippen LogP contribution in [-0.2, 0) is 4.74 Å². The molecule has 2 heterocycles. The Balaban J connectivity index is 1.84. The van der Waals surface area contributed by atoms with Crippen LogP contribution in [0.5, 0.6) is 0 Å². The maximum Gasteiger partial charge on any atom is 0.126 e. The summed E-state index contributed by atoms with van der Waals surface area (Å²) in [6.07, 6.45) is 6.78. The minimum absolute atomic E-state index is 0.187. The van der Waals surface area contributed by atoms with Gasteiger partial charge < -0.3 is 9.64 Å². The first kappa shape index (κ1) is 8.78. The van der Waals surface area contributed by atoms with Crippen LogP contribution >= 0.6 is 0 Å². The minimum Gasteiger partial charge on any atom is -0.373 e. The van der Waals surface area contributed by atoms with Gasteiger partial charge in [-0.25, -0.2) is 0 Å². The number of hydrogen-bond donors (Lipinski definition) is 0. The van der Waals surface area contributed by atoms with Crippen LogP contribution in [0.2, 0.25) is 0 Å². The van der Waals surface area contributed by atoms with Crippen LogP contribution in [0.3, 0.4) is 0 Å². The molecule has 3 aliphatic rings. The van der Waals surface area contributed by atoms with Crippen molar-refractivity contribution in [1.82, 2.24) is 4.90 Å². The van der Waals surface area contributed by atoms with Gasteiger partial charge in [-0.2, -0.15) is 0 Å². The molecular formula is C12H19NO. The Morgan fingerprint density at radius 3 is 2.86 bits per heavy atom. The van der Waals surface area contributed by atoms with Crippen LogP contribution in [0, 0.1) is 5.92 Å². The lowest BCUT2D eigenvalue weighted by molar-refractivity contribution is 0.287. The highest BCUT2D eigenvalue weighted by Gasteiger charge is 2.57. The number of fused-ring (bicyclic) bond motifs is 1. The quantitative estimate of drug-likeness (QED) is 0.593. The molecule has 2 aliphatic heterocycles. The first-order valence-corrected chi connectivity index (χ1v) is 5.83. The van der Waals surface area contributed by atoms with E-state index in [1.54, 1.807) is 0 Å². The van der Waals surface area contributed by atoms with E-state index < -0.39 is 0 Å². The van der Waals surface area contributed by atoms with Crippen LogP contribution in [-0.4, -0.2) is 29.7 Å². The summed E-state index contributed by atoms with van der Waals surface area (Å²) < 4.78 is 5.85. The van der Waals surface area contributed by atoms with E-state index >= 15 is 0 Å². The lowest BCUT2D eigenvalue weighted by atomic mass is 9.86. The van der Waals surface area contributed by atoms with Crippen molar-refractivity contribution in [3.8, 4) is 0 Å². The van der Waals surface area contributed by atoms with Gasteiger partial charge in [0.2, 0.25) is 0 Å². The van der Waals surface area contributed by atoms with Gasteiger partial charge in [-0.15, -0.1) is 0 Å². The third-order valence-electron chi connectivity index (χ3n) is 3.81. The molecule has 3 atom stereocenters. The van der Waals surface area contributed by atoms with Gasteiger partial charge >= 0.3 is 0 Å². The average molecular weight is 193 g/mol. The summed E-state index contributed by atoms with van der Waals surface area (Å²) in [6.45, 7) is 7.06. The summed E-state index contributed by atoms with van der Waals surface area (Å²) in [5.74, 6) is 0.689. The summed E-state index contributed by atoms with van der Waals surface area (Å²) in [5.41, 5.74) is 1.68. The van der Waals surface area contributed by atoms with E-state index in [0.717, 1.165) is 0 Å². The molecule has 0 bridgehead atoms. The zero-order valence-corrected chi connectivity index (χ0v) is 9.12. The molecule has 3 rings (SSSR count). The monoisotopic (exact) mass is 193 g/mol. The summed E-state index contributed by atoms with van der Waals surface area (Å²) in [6, 6.07) is 0. The molecule has 0 aromatic heterocycles. The Kier molecular flexibility index (Phi) is 1.73. The molecule has 2 heteroatoms. The highest BCUT2D eigenvalue weighted by atomic mass is 16.6. The summed E-state index contributed by atoms with van der Waals surface area (Å²) in [5, 5.41) is 0. The van der Waals surface area contributed by atoms with E-state index in [4.69, 9.17) is 4.74 Å². The van der Waals surface area contributed by atoms with Crippen molar-refractivity contribution in [2.45, 2.75) is 44.8 Å². The smallest absolute Gasteiger partial charge is 0.126 e. The van der Waals surface area contributed by atoms with Gasteiger partial charge in [-0.3, -0.25) is 0 Å². The van der Waals surface area contributed by atoms with Gasteiger partial charge in [0, 0.05) is 18.8 Å². The second kappa shape index (κ2) is 2.75. The second-order valence-electron chi connectivity index (χ2n) is 5.28. The predicted octanol–water partition coefficient (Wildman–Crippen LogP) is 2.16. The second-order valence-corrected chi connectivity index (χ2v) is 5.28.